The molecule has 0 fully saturated rings. The lowest BCUT2D eigenvalue weighted by atomic mass is 9.84. The van der Waals surface area contributed by atoms with Crippen LogP contribution in [0.1, 0.15) is 73.3 Å². The summed E-state index contributed by atoms with van der Waals surface area (Å²) in [4.78, 5) is 7.85. The minimum absolute atomic E-state index is 0.655. The molecule has 0 amide bonds. The lowest BCUT2D eigenvalue weighted by Gasteiger charge is -2.24. The number of rotatable bonds is 0. The lowest BCUT2D eigenvalue weighted by Crippen LogP contribution is -2.14. The predicted molar refractivity (Wildman–Crippen MR) is 75.8 cm³/mol. The summed E-state index contributed by atoms with van der Waals surface area (Å²) in [6.45, 7) is 4.72. The fourth-order valence-electron chi connectivity index (χ4n) is 3.68. The summed E-state index contributed by atoms with van der Waals surface area (Å²) in [5, 5.41) is 0. The molecule has 2 atom stereocenters. The molecule has 96 valence electrons. The van der Waals surface area contributed by atoms with Crippen LogP contribution in [0, 0.1) is 0 Å². The number of nitrogens with zero attached hydrogens (tertiary/aromatic N) is 2. The third-order valence-electron chi connectivity index (χ3n) is 4.75. The first-order valence-electron chi connectivity index (χ1n) is 7.28. The highest BCUT2D eigenvalue weighted by molar-refractivity contribution is 7.17. The van der Waals surface area contributed by atoms with Crippen LogP contribution in [-0.4, -0.2) is 9.38 Å². The fourth-order valence-corrected chi connectivity index (χ4v) is 4.91. The van der Waals surface area contributed by atoms with Crippen LogP contribution in [0.4, 0.5) is 0 Å². The normalized spacial score (nSPS) is 27.2. The number of hydrogen-bond acceptors (Lipinski definition) is 2. The van der Waals surface area contributed by atoms with Crippen LogP contribution in [0.3, 0.4) is 0 Å². The van der Waals surface area contributed by atoms with E-state index < -0.39 is 0 Å². The van der Waals surface area contributed by atoms with Crippen LogP contribution in [-0.2, 0) is 12.8 Å². The van der Waals surface area contributed by atoms with Crippen molar-refractivity contribution in [3.63, 3.8) is 0 Å². The summed E-state index contributed by atoms with van der Waals surface area (Å²) in [5.74, 6) is 1.34. The SMILES string of the molecule is CC1CCC(C)c2c1nc1sc3c(n21)CCCC3. The Hall–Kier alpha value is -0.830. The van der Waals surface area contributed by atoms with E-state index >= 15 is 0 Å². The van der Waals surface area contributed by atoms with E-state index in [9.17, 15) is 0 Å². The number of fused-ring (bicyclic) bond motifs is 5. The monoisotopic (exact) mass is 260 g/mol. The van der Waals surface area contributed by atoms with E-state index in [1.807, 2.05) is 11.3 Å². The molecule has 2 aliphatic rings. The molecule has 2 unspecified atom stereocenters. The molecule has 2 heterocycles. The summed E-state index contributed by atoms with van der Waals surface area (Å²) in [6, 6.07) is 0. The van der Waals surface area contributed by atoms with Crippen LogP contribution in [0.2, 0.25) is 0 Å². The Morgan fingerprint density at radius 1 is 1.11 bits per heavy atom. The zero-order chi connectivity index (χ0) is 12.3. The second kappa shape index (κ2) is 3.83. The largest absolute Gasteiger partial charge is 0.291 e. The summed E-state index contributed by atoms with van der Waals surface area (Å²) in [5.41, 5.74) is 4.53. The standard InChI is InChI=1S/C15H20N2S/c1-9-7-8-10(2)14-13(9)16-15-17(14)11-5-3-4-6-12(11)18-15/h9-10H,3-8H2,1-2H3. The molecule has 0 saturated heterocycles. The lowest BCUT2D eigenvalue weighted by molar-refractivity contribution is 0.505. The number of imidazole rings is 1. The van der Waals surface area contributed by atoms with Crippen molar-refractivity contribution in [2.45, 2.75) is 64.2 Å². The molecule has 0 N–H and O–H groups in total. The Morgan fingerprint density at radius 3 is 2.78 bits per heavy atom. The molecule has 0 aromatic carbocycles. The van der Waals surface area contributed by atoms with Gasteiger partial charge in [-0.15, -0.1) is 11.3 Å². The van der Waals surface area contributed by atoms with E-state index in [0.717, 1.165) is 0 Å². The zero-order valence-electron chi connectivity index (χ0n) is 11.2. The first kappa shape index (κ1) is 11.0. The van der Waals surface area contributed by atoms with Gasteiger partial charge in [-0.3, -0.25) is 4.40 Å². The van der Waals surface area contributed by atoms with Crippen molar-refractivity contribution in [3.8, 4) is 0 Å². The van der Waals surface area contributed by atoms with Crippen molar-refractivity contribution in [3.05, 3.63) is 22.0 Å². The summed E-state index contributed by atoms with van der Waals surface area (Å²) in [7, 11) is 0. The van der Waals surface area contributed by atoms with Crippen LogP contribution < -0.4 is 0 Å². The Kier molecular flexibility index (Phi) is 2.35. The van der Waals surface area contributed by atoms with Crippen LogP contribution in [0.5, 0.6) is 0 Å². The molecule has 4 rings (SSSR count). The van der Waals surface area contributed by atoms with Crippen molar-refractivity contribution in [1.82, 2.24) is 9.38 Å². The summed E-state index contributed by atoms with van der Waals surface area (Å²) in [6.07, 6.45) is 7.90. The summed E-state index contributed by atoms with van der Waals surface area (Å²) < 4.78 is 2.54. The molecule has 0 saturated carbocycles. The maximum Gasteiger partial charge on any atom is 0.194 e. The van der Waals surface area contributed by atoms with Gasteiger partial charge in [0, 0.05) is 22.2 Å². The van der Waals surface area contributed by atoms with E-state index in [4.69, 9.17) is 4.98 Å². The van der Waals surface area contributed by atoms with E-state index in [0.29, 0.717) is 11.8 Å². The molecule has 0 radical (unpaired) electrons. The third-order valence-corrected chi connectivity index (χ3v) is 5.89. The second-order valence-corrected chi connectivity index (χ2v) is 7.12. The minimum atomic E-state index is 0.655. The average Bonchev–Trinajstić information content (AvgIpc) is 2.90. The van der Waals surface area contributed by atoms with Gasteiger partial charge < -0.3 is 0 Å². The van der Waals surface area contributed by atoms with Crippen LogP contribution in [0.15, 0.2) is 0 Å². The zero-order valence-corrected chi connectivity index (χ0v) is 12.0. The van der Waals surface area contributed by atoms with Gasteiger partial charge in [-0.05, 0) is 44.4 Å². The highest BCUT2D eigenvalue weighted by Crippen LogP contribution is 2.42. The molecular weight excluding hydrogens is 240 g/mol. The average molecular weight is 260 g/mol. The van der Waals surface area contributed by atoms with Gasteiger partial charge in [0.25, 0.3) is 0 Å². The fraction of sp³-hybridized carbons (Fsp3) is 0.667. The van der Waals surface area contributed by atoms with Crippen molar-refractivity contribution in [1.29, 1.82) is 0 Å². The molecule has 0 spiro atoms. The molecule has 0 aliphatic heterocycles. The molecule has 2 nitrogen and oxygen atoms in total. The van der Waals surface area contributed by atoms with Gasteiger partial charge in [-0.25, -0.2) is 4.98 Å². The predicted octanol–water partition coefficient (Wildman–Crippen LogP) is 4.28. The highest BCUT2D eigenvalue weighted by atomic mass is 32.1. The summed E-state index contributed by atoms with van der Waals surface area (Å²) >= 11 is 1.95. The molecule has 0 bridgehead atoms. The van der Waals surface area contributed by atoms with E-state index in [1.54, 1.807) is 16.3 Å². The number of hydrogen-bond donors (Lipinski definition) is 0. The maximum atomic E-state index is 4.97. The van der Waals surface area contributed by atoms with E-state index in [-0.39, 0.29) is 0 Å². The minimum Gasteiger partial charge on any atom is -0.291 e. The van der Waals surface area contributed by atoms with Crippen molar-refractivity contribution in [2.24, 2.45) is 0 Å². The van der Waals surface area contributed by atoms with Crippen LogP contribution in [0.25, 0.3) is 4.96 Å². The first-order valence-corrected chi connectivity index (χ1v) is 8.10. The highest BCUT2D eigenvalue weighted by Gasteiger charge is 2.30. The third kappa shape index (κ3) is 1.37. The van der Waals surface area contributed by atoms with E-state index in [1.165, 1.54) is 49.2 Å². The Balaban J connectivity index is 2.02. The molecule has 2 aromatic rings. The van der Waals surface area contributed by atoms with Crippen LogP contribution >= 0.6 is 11.3 Å². The molecule has 3 heteroatoms. The van der Waals surface area contributed by atoms with Gasteiger partial charge in [0.2, 0.25) is 0 Å². The number of aromatic nitrogens is 2. The molecule has 2 aromatic heterocycles. The Bertz CT molecular complexity index is 608. The Labute approximate surface area is 112 Å². The van der Waals surface area contributed by atoms with Crippen molar-refractivity contribution >= 4 is 16.3 Å². The first-order chi connectivity index (χ1) is 8.75. The maximum absolute atomic E-state index is 4.97. The number of thiazole rings is 1. The second-order valence-electron chi connectivity index (χ2n) is 6.06. The Morgan fingerprint density at radius 2 is 1.89 bits per heavy atom. The van der Waals surface area contributed by atoms with Gasteiger partial charge in [0.1, 0.15) is 0 Å². The molecule has 2 aliphatic carbocycles. The smallest absolute Gasteiger partial charge is 0.194 e. The van der Waals surface area contributed by atoms with Gasteiger partial charge in [0.05, 0.1) is 5.69 Å². The van der Waals surface area contributed by atoms with Gasteiger partial charge in [-0.1, -0.05) is 13.8 Å². The van der Waals surface area contributed by atoms with Gasteiger partial charge >= 0.3 is 0 Å². The van der Waals surface area contributed by atoms with Gasteiger partial charge in [-0.2, -0.15) is 0 Å². The quantitative estimate of drug-likeness (QED) is 0.691. The molecule has 18 heavy (non-hydrogen) atoms. The van der Waals surface area contributed by atoms with E-state index in [2.05, 4.69) is 18.2 Å². The number of aryl methyl sites for hydroxylation is 2. The van der Waals surface area contributed by atoms with Crippen molar-refractivity contribution < 1.29 is 0 Å². The van der Waals surface area contributed by atoms with Crippen molar-refractivity contribution in [2.75, 3.05) is 0 Å². The molecular formula is C15H20N2S. The van der Waals surface area contributed by atoms with Gasteiger partial charge in [0.15, 0.2) is 4.96 Å². The topological polar surface area (TPSA) is 17.3 Å².